The number of hydrogen-bond donors (Lipinski definition) is 2. The Balaban J connectivity index is 2.46. The molecule has 0 unspecified atom stereocenters. The number of carbonyl (C=O) groups is 2. The highest BCUT2D eigenvalue weighted by Crippen LogP contribution is 2.08. The Hall–Kier alpha value is -2.05. The van der Waals surface area contributed by atoms with Crippen LogP contribution in [0.3, 0.4) is 0 Å². The van der Waals surface area contributed by atoms with E-state index in [2.05, 4.69) is 10.4 Å². The predicted molar refractivity (Wildman–Crippen MR) is 63.3 cm³/mol. The third kappa shape index (κ3) is 3.20. The molecule has 94 valence electrons. The first kappa shape index (κ1) is 13.0. The zero-order valence-corrected chi connectivity index (χ0v) is 10.2. The topological polar surface area (TPSA) is 93.2 Å². The summed E-state index contributed by atoms with van der Waals surface area (Å²) < 4.78 is 1.42. The molecule has 3 N–H and O–H groups in total. The number of hydrogen-bond acceptors (Lipinski definition) is 4. The molecule has 0 radical (unpaired) electrons. The van der Waals surface area contributed by atoms with Crippen molar-refractivity contribution in [2.24, 2.45) is 7.05 Å². The Morgan fingerprint density at radius 3 is 2.65 bits per heavy atom. The molecule has 0 atom stereocenters. The van der Waals surface area contributed by atoms with Gasteiger partial charge in [0.1, 0.15) is 11.4 Å². The summed E-state index contributed by atoms with van der Waals surface area (Å²) in [4.78, 5) is 24.4. The molecule has 1 heterocycles. The molecule has 0 fully saturated rings. The normalized spacial score (nSPS) is 10.1. The molecule has 0 spiro atoms. The zero-order chi connectivity index (χ0) is 13.0. The second-order valence-electron chi connectivity index (χ2n) is 3.86. The number of nitrogens with zero attached hydrogens (tertiary/aromatic N) is 3. The summed E-state index contributed by atoms with van der Waals surface area (Å²) in [5.74, 6) is -0.0481. The fourth-order valence-corrected chi connectivity index (χ4v) is 1.22. The minimum atomic E-state index is -0.317. The van der Waals surface area contributed by atoms with E-state index in [0.29, 0.717) is 11.4 Å². The maximum absolute atomic E-state index is 11.7. The van der Waals surface area contributed by atoms with Gasteiger partial charge in [-0.1, -0.05) is 0 Å². The van der Waals surface area contributed by atoms with Gasteiger partial charge in [-0.2, -0.15) is 5.10 Å². The molecule has 0 saturated carbocycles. The lowest BCUT2D eigenvalue weighted by atomic mass is 10.3. The zero-order valence-electron chi connectivity index (χ0n) is 10.2. The predicted octanol–water partition coefficient (Wildman–Crippen LogP) is -0.790. The molecule has 0 saturated heterocycles. The van der Waals surface area contributed by atoms with Crippen LogP contribution in [0.2, 0.25) is 0 Å². The number of anilines is 1. The van der Waals surface area contributed by atoms with Gasteiger partial charge < -0.3 is 16.0 Å². The Labute approximate surface area is 99.6 Å². The van der Waals surface area contributed by atoms with Gasteiger partial charge >= 0.3 is 0 Å². The van der Waals surface area contributed by atoms with Crippen molar-refractivity contribution in [3.63, 3.8) is 0 Å². The maximum atomic E-state index is 11.7. The molecule has 0 aliphatic rings. The number of nitrogens with one attached hydrogen (secondary N) is 1. The number of carbonyl (C=O) groups excluding carboxylic acids is 2. The molecule has 2 amide bonds. The summed E-state index contributed by atoms with van der Waals surface area (Å²) >= 11 is 0. The van der Waals surface area contributed by atoms with Crippen LogP contribution in [0, 0.1) is 0 Å². The largest absolute Gasteiger partial charge is 0.383 e. The van der Waals surface area contributed by atoms with Crippen molar-refractivity contribution in [2.45, 2.75) is 6.42 Å². The third-order valence-electron chi connectivity index (χ3n) is 2.35. The van der Waals surface area contributed by atoms with Gasteiger partial charge in [0.05, 0.1) is 6.20 Å². The average molecular weight is 239 g/mol. The molecule has 7 nitrogen and oxygen atoms in total. The van der Waals surface area contributed by atoms with Crippen molar-refractivity contribution in [1.29, 1.82) is 0 Å². The van der Waals surface area contributed by atoms with Crippen molar-refractivity contribution in [1.82, 2.24) is 20.0 Å². The Morgan fingerprint density at radius 2 is 2.18 bits per heavy atom. The SMILES string of the molecule is CN(C)C(=O)CCNC(=O)c1cnn(C)c1N. The summed E-state index contributed by atoms with van der Waals surface area (Å²) in [6, 6.07) is 0. The average Bonchev–Trinajstić information content (AvgIpc) is 2.59. The van der Waals surface area contributed by atoms with E-state index in [-0.39, 0.29) is 24.8 Å². The molecule has 7 heteroatoms. The fraction of sp³-hybridized carbons (Fsp3) is 0.500. The molecular weight excluding hydrogens is 222 g/mol. The first-order valence-corrected chi connectivity index (χ1v) is 5.19. The Morgan fingerprint density at radius 1 is 1.53 bits per heavy atom. The molecule has 0 aliphatic heterocycles. The molecule has 0 bridgehead atoms. The number of aryl methyl sites for hydroxylation is 1. The fourth-order valence-electron chi connectivity index (χ4n) is 1.22. The molecule has 1 rings (SSSR count). The summed E-state index contributed by atoms with van der Waals surface area (Å²) in [5.41, 5.74) is 5.97. The lowest BCUT2D eigenvalue weighted by Crippen LogP contribution is -2.30. The molecule has 1 aromatic rings. The molecule has 0 aliphatic carbocycles. The third-order valence-corrected chi connectivity index (χ3v) is 2.35. The standard InChI is InChI=1S/C10H17N5O2/c1-14(2)8(16)4-5-12-10(17)7-6-13-15(3)9(7)11/h6H,4-5,11H2,1-3H3,(H,12,17). The summed E-state index contributed by atoms with van der Waals surface area (Å²) in [6.07, 6.45) is 1.66. The van der Waals surface area contributed by atoms with E-state index in [1.54, 1.807) is 21.1 Å². The van der Waals surface area contributed by atoms with Crippen LogP contribution < -0.4 is 11.1 Å². The summed E-state index contributed by atoms with van der Waals surface area (Å²) in [6.45, 7) is 0.282. The lowest BCUT2D eigenvalue weighted by Gasteiger charge is -2.10. The minimum absolute atomic E-state index is 0.0375. The van der Waals surface area contributed by atoms with Crippen molar-refractivity contribution in [3.05, 3.63) is 11.8 Å². The van der Waals surface area contributed by atoms with E-state index in [1.807, 2.05) is 0 Å². The van der Waals surface area contributed by atoms with Crippen molar-refractivity contribution in [3.8, 4) is 0 Å². The highest BCUT2D eigenvalue weighted by Gasteiger charge is 2.13. The van der Waals surface area contributed by atoms with E-state index < -0.39 is 0 Å². The highest BCUT2D eigenvalue weighted by molar-refractivity contribution is 5.98. The van der Waals surface area contributed by atoms with Crippen molar-refractivity contribution < 1.29 is 9.59 Å². The maximum Gasteiger partial charge on any atom is 0.256 e. The Bertz CT molecular complexity index is 424. The first-order valence-electron chi connectivity index (χ1n) is 5.19. The second kappa shape index (κ2) is 5.33. The van der Waals surface area contributed by atoms with Crippen LogP contribution >= 0.6 is 0 Å². The number of amides is 2. The van der Waals surface area contributed by atoms with E-state index in [1.165, 1.54) is 15.8 Å². The van der Waals surface area contributed by atoms with Gasteiger partial charge in [0.2, 0.25) is 5.91 Å². The van der Waals surface area contributed by atoms with Gasteiger partial charge in [0.25, 0.3) is 5.91 Å². The first-order chi connectivity index (χ1) is 7.93. The van der Waals surface area contributed by atoms with Crippen molar-refractivity contribution >= 4 is 17.6 Å². The van der Waals surface area contributed by atoms with E-state index in [0.717, 1.165) is 0 Å². The monoisotopic (exact) mass is 239 g/mol. The van der Waals surface area contributed by atoms with Crippen LogP contribution in [0.1, 0.15) is 16.8 Å². The second-order valence-corrected chi connectivity index (χ2v) is 3.86. The van der Waals surface area contributed by atoms with Crippen molar-refractivity contribution in [2.75, 3.05) is 26.4 Å². The molecule has 17 heavy (non-hydrogen) atoms. The van der Waals surface area contributed by atoms with Crippen LogP contribution in [0.4, 0.5) is 5.82 Å². The van der Waals surface area contributed by atoms with E-state index in [4.69, 9.17) is 5.73 Å². The van der Waals surface area contributed by atoms with Gasteiger partial charge in [0.15, 0.2) is 0 Å². The van der Waals surface area contributed by atoms with Gasteiger partial charge in [0, 0.05) is 34.1 Å². The lowest BCUT2D eigenvalue weighted by molar-refractivity contribution is -0.128. The number of rotatable bonds is 4. The van der Waals surface area contributed by atoms with Crippen LogP contribution in [0.15, 0.2) is 6.20 Å². The van der Waals surface area contributed by atoms with Crippen LogP contribution in [0.25, 0.3) is 0 Å². The number of aromatic nitrogens is 2. The van der Waals surface area contributed by atoms with Gasteiger partial charge in [-0.05, 0) is 0 Å². The van der Waals surface area contributed by atoms with E-state index in [9.17, 15) is 9.59 Å². The molecule has 0 aromatic carbocycles. The van der Waals surface area contributed by atoms with Crippen LogP contribution in [0.5, 0.6) is 0 Å². The minimum Gasteiger partial charge on any atom is -0.383 e. The van der Waals surface area contributed by atoms with Gasteiger partial charge in [-0.15, -0.1) is 0 Å². The van der Waals surface area contributed by atoms with E-state index >= 15 is 0 Å². The Kier molecular flexibility index (Phi) is 4.08. The summed E-state index contributed by atoms with van der Waals surface area (Å²) in [5, 5.41) is 6.48. The quantitative estimate of drug-likeness (QED) is 0.720. The van der Waals surface area contributed by atoms with Crippen LogP contribution in [-0.4, -0.2) is 47.1 Å². The van der Waals surface area contributed by atoms with Gasteiger partial charge in [-0.3, -0.25) is 14.3 Å². The summed E-state index contributed by atoms with van der Waals surface area (Å²) in [7, 11) is 4.99. The molecular formula is C10H17N5O2. The number of nitrogen functional groups attached to an aromatic ring is 1. The smallest absolute Gasteiger partial charge is 0.256 e. The van der Waals surface area contributed by atoms with Gasteiger partial charge in [-0.25, -0.2) is 0 Å². The molecule has 1 aromatic heterocycles. The van der Waals surface area contributed by atoms with Crippen LogP contribution in [-0.2, 0) is 11.8 Å². The number of nitrogens with two attached hydrogens (primary N) is 1. The highest BCUT2D eigenvalue weighted by atomic mass is 16.2.